The van der Waals surface area contributed by atoms with Gasteiger partial charge < -0.3 is 5.73 Å². The predicted octanol–water partition coefficient (Wildman–Crippen LogP) is 2.14. The van der Waals surface area contributed by atoms with Crippen LogP contribution in [0.2, 0.25) is 0 Å². The van der Waals surface area contributed by atoms with E-state index in [1.54, 1.807) is 0 Å². The van der Waals surface area contributed by atoms with Gasteiger partial charge in [-0.05, 0) is 35.2 Å². The van der Waals surface area contributed by atoms with Gasteiger partial charge in [0.1, 0.15) is 0 Å². The van der Waals surface area contributed by atoms with Crippen molar-refractivity contribution in [3.63, 3.8) is 0 Å². The van der Waals surface area contributed by atoms with Crippen molar-refractivity contribution in [1.29, 1.82) is 0 Å². The van der Waals surface area contributed by atoms with Crippen molar-refractivity contribution in [2.45, 2.75) is 19.0 Å². The molecule has 1 aromatic heterocycles. The summed E-state index contributed by atoms with van der Waals surface area (Å²) < 4.78 is 0. The number of nitrogens with two attached hydrogens (primary N) is 1. The van der Waals surface area contributed by atoms with E-state index >= 15 is 0 Å². The maximum Gasteiger partial charge on any atom is 0.0475 e. The molecule has 0 saturated heterocycles. The van der Waals surface area contributed by atoms with E-state index in [2.05, 4.69) is 46.3 Å². The number of pyridine rings is 1. The highest BCUT2D eigenvalue weighted by molar-refractivity contribution is 5.30. The summed E-state index contributed by atoms with van der Waals surface area (Å²) >= 11 is 0. The second kappa shape index (κ2) is 5.51. The highest BCUT2D eigenvalue weighted by Gasteiger charge is 2.23. The molecular weight excluding hydrogens is 234 g/mol. The van der Waals surface area contributed by atoms with Crippen molar-refractivity contribution < 1.29 is 0 Å². The molecule has 1 aliphatic heterocycles. The van der Waals surface area contributed by atoms with Crippen LogP contribution in [0.4, 0.5) is 0 Å². The lowest BCUT2D eigenvalue weighted by Gasteiger charge is -2.35. The Morgan fingerprint density at radius 3 is 2.58 bits per heavy atom. The largest absolute Gasteiger partial charge is 0.329 e. The molecule has 1 atom stereocenters. The number of benzene rings is 1. The van der Waals surface area contributed by atoms with E-state index in [0.29, 0.717) is 6.54 Å². The standard InChI is InChI=1S/C16H19N3/c17-11-16(14-5-8-18-9-6-14)19-10-7-13-3-1-2-4-15(13)12-19/h1-6,8-9,16H,7,10-12,17H2. The minimum Gasteiger partial charge on any atom is -0.329 e. The molecule has 0 aliphatic carbocycles. The van der Waals surface area contributed by atoms with Crippen molar-refractivity contribution in [2.75, 3.05) is 13.1 Å². The zero-order valence-electron chi connectivity index (χ0n) is 11.0. The summed E-state index contributed by atoms with van der Waals surface area (Å²) in [6, 6.07) is 13.1. The van der Waals surface area contributed by atoms with Crippen LogP contribution in [0, 0.1) is 0 Å². The zero-order valence-corrected chi connectivity index (χ0v) is 11.0. The maximum atomic E-state index is 5.99. The number of hydrogen-bond donors (Lipinski definition) is 1. The molecule has 2 aromatic rings. The molecule has 98 valence electrons. The topological polar surface area (TPSA) is 42.1 Å². The molecule has 2 heterocycles. The van der Waals surface area contributed by atoms with Crippen LogP contribution < -0.4 is 5.73 Å². The van der Waals surface area contributed by atoms with Gasteiger partial charge in [0.15, 0.2) is 0 Å². The molecule has 3 nitrogen and oxygen atoms in total. The van der Waals surface area contributed by atoms with E-state index in [0.717, 1.165) is 19.5 Å². The molecule has 2 N–H and O–H groups in total. The fourth-order valence-electron chi connectivity index (χ4n) is 2.87. The Kier molecular flexibility index (Phi) is 3.58. The maximum absolute atomic E-state index is 5.99. The van der Waals surface area contributed by atoms with Gasteiger partial charge in [0.2, 0.25) is 0 Å². The fourth-order valence-corrected chi connectivity index (χ4v) is 2.87. The first-order chi connectivity index (χ1) is 9.38. The molecule has 3 rings (SSSR count). The van der Waals surface area contributed by atoms with Gasteiger partial charge in [-0.1, -0.05) is 24.3 Å². The lowest BCUT2D eigenvalue weighted by atomic mass is 9.97. The average Bonchev–Trinajstić information content (AvgIpc) is 2.49. The first kappa shape index (κ1) is 12.3. The van der Waals surface area contributed by atoms with Crippen molar-refractivity contribution >= 4 is 0 Å². The molecular formula is C16H19N3. The molecule has 1 aromatic carbocycles. The van der Waals surface area contributed by atoms with E-state index in [-0.39, 0.29) is 6.04 Å². The third-order valence-corrected chi connectivity index (χ3v) is 3.92. The SMILES string of the molecule is NCC(c1ccncc1)N1CCc2ccccc2C1. The Labute approximate surface area is 114 Å². The van der Waals surface area contributed by atoms with Crippen LogP contribution in [-0.2, 0) is 13.0 Å². The monoisotopic (exact) mass is 253 g/mol. The summed E-state index contributed by atoms with van der Waals surface area (Å²) in [4.78, 5) is 6.55. The summed E-state index contributed by atoms with van der Waals surface area (Å²) in [6.45, 7) is 2.70. The summed E-state index contributed by atoms with van der Waals surface area (Å²) in [7, 11) is 0. The van der Waals surface area contributed by atoms with Gasteiger partial charge in [-0.15, -0.1) is 0 Å². The van der Waals surface area contributed by atoms with Crippen LogP contribution in [0.5, 0.6) is 0 Å². The molecule has 1 unspecified atom stereocenters. The van der Waals surface area contributed by atoms with Gasteiger partial charge in [-0.2, -0.15) is 0 Å². The highest BCUT2D eigenvalue weighted by atomic mass is 15.2. The normalized spacial score (nSPS) is 16.9. The quantitative estimate of drug-likeness (QED) is 0.911. The van der Waals surface area contributed by atoms with Crippen LogP contribution in [-0.4, -0.2) is 23.0 Å². The average molecular weight is 253 g/mol. The van der Waals surface area contributed by atoms with Crippen LogP contribution >= 0.6 is 0 Å². The lowest BCUT2D eigenvalue weighted by molar-refractivity contribution is 0.183. The van der Waals surface area contributed by atoms with E-state index in [1.807, 2.05) is 12.4 Å². The molecule has 0 bridgehead atoms. The second-order valence-electron chi connectivity index (χ2n) is 5.02. The molecule has 1 aliphatic rings. The van der Waals surface area contributed by atoms with Gasteiger partial charge in [-0.25, -0.2) is 0 Å². The summed E-state index contributed by atoms with van der Waals surface area (Å²) in [5.74, 6) is 0. The predicted molar refractivity (Wildman–Crippen MR) is 76.6 cm³/mol. The molecule has 0 spiro atoms. The summed E-state index contributed by atoms with van der Waals surface area (Å²) in [6.07, 6.45) is 4.80. The molecule has 0 fully saturated rings. The Hall–Kier alpha value is -1.71. The van der Waals surface area contributed by atoms with Gasteiger partial charge in [0.25, 0.3) is 0 Å². The molecule has 3 heteroatoms. The Morgan fingerprint density at radius 2 is 1.84 bits per heavy atom. The minimum atomic E-state index is 0.288. The number of nitrogens with zero attached hydrogens (tertiary/aromatic N) is 2. The third-order valence-electron chi connectivity index (χ3n) is 3.92. The molecule has 0 amide bonds. The van der Waals surface area contributed by atoms with Gasteiger partial charge in [-0.3, -0.25) is 9.88 Å². The van der Waals surface area contributed by atoms with E-state index in [1.165, 1.54) is 16.7 Å². The van der Waals surface area contributed by atoms with Gasteiger partial charge in [0, 0.05) is 38.1 Å². The van der Waals surface area contributed by atoms with Crippen LogP contribution in [0.3, 0.4) is 0 Å². The fraction of sp³-hybridized carbons (Fsp3) is 0.312. The number of rotatable bonds is 3. The van der Waals surface area contributed by atoms with Crippen LogP contribution in [0.15, 0.2) is 48.8 Å². The smallest absolute Gasteiger partial charge is 0.0475 e. The number of fused-ring (bicyclic) bond motifs is 1. The summed E-state index contributed by atoms with van der Waals surface area (Å²) in [5.41, 5.74) is 10.2. The van der Waals surface area contributed by atoms with E-state index in [9.17, 15) is 0 Å². The van der Waals surface area contributed by atoms with Crippen LogP contribution in [0.25, 0.3) is 0 Å². The van der Waals surface area contributed by atoms with E-state index in [4.69, 9.17) is 5.73 Å². The first-order valence-electron chi connectivity index (χ1n) is 6.79. The number of aromatic nitrogens is 1. The Morgan fingerprint density at radius 1 is 1.11 bits per heavy atom. The van der Waals surface area contributed by atoms with Gasteiger partial charge >= 0.3 is 0 Å². The highest BCUT2D eigenvalue weighted by Crippen LogP contribution is 2.26. The lowest BCUT2D eigenvalue weighted by Crippen LogP contribution is -2.37. The Bertz CT molecular complexity index is 539. The molecule has 0 radical (unpaired) electrons. The molecule has 19 heavy (non-hydrogen) atoms. The second-order valence-corrected chi connectivity index (χ2v) is 5.02. The van der Waals surface area contributed by atoms with Crippen molar-refractivity contribution in [1.82, 2.24) is 9.88 Å². The van der Waals surface area contributed by atoms with Crippen LogP contribution in [0.1, 0.15) is 22.7 Å². The molecule has 0 saturated carbocycles. The van der Waals surface area contributed by atoms with Crippen molar-refractivity contribution in [2.24, 2.45) is 5.73 Å². The van der Waals surface area contributed by atoms with Crippen molar-refractivity contribution in [3.05, 3.63) is 65.5 Å². The van der Waals surface area contributed by atoms with E-state index < -0.39 is 0 Å². The third kappa shape index (κ3) is 2.53. The van der Waals surface area contributed by atoms with Gasteiger partial charge in [0.05, 0.1) is 0 Å². The minimum absolute atomic E-state index is 0.288. The Balaban J connectivity index is 1.83. The number of hydrogen-bond acceptors (Lipinski definition) is 3. The summed E-state index contributed by atoms with van der Waals surface area (Å²) in [5, 5.41) is 0. The first-order valence-corrected chi connectivity index (χ1v) is 6.79. The van der Waals surface area contributed by atoms with Crippen molar-refractivity contribution in [3.8, 4) is 0 Å². The zero-order chi connectivity index (χ0) is 13.1.